The number of rotatable bonds is 4. The lowest BCUT2D eigenvalue weighted by Gasteiger charge is -2.32. The fourth-order valence-electron chi connectivity index (χ4n) is 3.58. The maximum Gasteiger partial charge on any atom is 0.231 e. The summed E-state index contributed by atoms with van der Waals surface area (Å²) in [5.41, 5.74) is 2.69. The Kier molecular flexibility index (Phi) is 4.66. The summed E-state index contributed by atoms with van der Waals surface area (Å²) >= 11 is 0. The van der Waals surface area contributed by atoms with Crippen LogP contribution >= 0.6 is 0 Å². The summed E-state index contributed by atoms with van der Waals surface area (Å²) < 4.78 is 7.20. The Hall–Kier alpha value is -3.09. The monoisotopic (exact) mass is 365 g/mol. The van der Waals surface area contributed by atoms with Crippen molar-refractivity contribution < 1.29 is 9.53 Å². The van der Waals surface area contributed by atoms with Crippen LogP contribution in [0.3, 0.4) is 0 Å². The lowest BCUT2D eigenvalue weighted by molar-refractivity contribution is -0.120. The highest BCUT2D eigenvalue weighted by Gasteiger charge is 2.28. The summed E-state index contributed by atoms with van der Waals surface area (Å²) in [5, 5.41) is 11.7. The first-order chi connectivity index (χ1) is 13.2. The Labute approximate surface area is 158 Å². The van der Waals surface area contributed by atoms with Gasteiger partial charge in [0.05, 0.1) is 13.0 Å². The highest BCUT2D eigenvalue weighted by atomic mass is 16.5. The van der Waals surface area contributed by atoms with Crippen molar-refractivity contribution in [3.63, 3.8) is 0 Å². The van der Waals surface area contributed by atoms with Gasteiger partial charge in [0.1, 0.15) is 5.75 Å². The van der Waals surface area contributed by atoms with E-state index >= 15 is 0 Å². The van der Waals surface area contributed by atoms with Crippen LogP contribution in [0.25, 0.3) is 5.65 Å². The number of methoxy groups -OCH3 is 1. The number of carbonyl (C=O) groups excluding carboxylic acids is 1. The molecule has 3 heterocycles. The largest absolute Gasteiger partial charge is 0.497 e. The molecule has 0 bridgehead atoms. The van der Waals surface area contributed by atoms with E-state index in [9.17, 15) is 4.79 Å². The first-order valence-electron chi connectivity index (χ1n) is 9.16. The maximum absolute atomic E-state index is 12.8. The van der Waals surface area contributed by atoms with Crippen molar-refractivity contribution in [2.45, 2.75) is 19.8 Å². The summed E-state index contributed by atoms with van der Waals surface area (Å²) in [6, 6.07) is 13.4. The zero-order valence-electron chi connectivity index (χ0n) is 15.6. The third-order valence-corrected chi connectivity index (χ3v) is 5.04. The molecule has 0 saturated carbocycles. The van der Waals surface area contributed by atoms with E-state index in [-0.39, 0.29) is 11.8 Å². The second kappa shape index (κ2) is 7.26. The van der Waals surface area contributed by atoms with Gasteiger partial charge in [-0.1, -0.05) is 6.07 Å². The summed E-state index contributed by atoms with van der Waals surface area (Å²) in [4.78, 5) is 14.9. The van der Waals surface area contributed by atoms with Gasteiger partial charge >= 0.3 is 0 Å². The predicted molar refractivity (Wildman–Crippen MR) is 104 cm³/mol. The highest BCUT2D eigenvalue weighted by molar-refractivity contribution is 5.93. The number of hydrogen-bond acceptors (Lipinski definition) is 5. The molecule has 0 aliphatic carbocycles. The number of nitrogens with zero attached hydrogens (tertiary/aromatic N) is 4. The van der Waals surface area contributed by atoms with Crippen LogP contribution in [0.4, 0.5) is 11.6 Å². The van der Waals surface area contributed by atoms with Crippen molar-refractivity contribution >= 4 is 23.2 Å². The molecule has 4 rings (SSSR count). The van der Waals surface area contributed by atoms with Gasteiger partial charge in [-0.3, -0.25) is 9.20 Å². The first kappa shape index (κ1) is 17.3. The molecular formula is C20H23N5O2. The highest BCUT2D eigenvalue weighted by Crippen LogP contribution is 2.25. The van der Waals surface area contributed by atoms with Crippen LogP contribution in [0.15, 0.2) is 42.5 Å². The molecule has 27 heavy (non-hydrogen) atoms. The number of nitrogens with one attached hydrogen (secondary N) is 1. The number of pyridine rings is 1. The van der Waals surface area contributed by atoms with E-state index in [0.717, 1.165) is 48.1 Å². The average molecular weight is 365 g/mol. The quantitative estimate of drug-likeness (QED) is 0.770. The lowest BCUT2D eigenvalue weighted by Crippen LogP contribution is -2.41. The van der Waals surface area contributed by atoms with Crippen molar-refractivity contribution in [1.82, 2.24) is 14.6 Å². The number of aromatic nitrogens is 3. The molecule has 1 N–H and O–H groups in total. The van der Waals surface area contributed by atoms with Crippen molar-refractivity contribution in [3.8, 4) is 5.75 Å². The Bertz CT molecular complexity index is 951. The van der Waals surface area contributed by atoms with Gasteiger partial charge in [0.2, 0.25) is 11.9 Å². The lowest BCUT2D eigenvalue weighted by atomic mass is 9.97. The molecular weight excluding hydrogens is 342 g/mol. The Balaban J connectivity index is 1.49. The maximum atomic E-state index is 12.8. The zero-order chi connectivity index (χ0) is 18.8. The summed E-state index contributed by atoms with van der Waals surface area (Å²) in [6.07, 6.45) is 1.82. The molecule has 1 aromatic carbocycles. The van der Waals surface area contributed by atoms with Gasteiger partial charge < -0.3 is 15.0 Å². The molecule has 3 aromatic rings. The van der Waals surface area contributed by atoms with Gasteiger partial charge in [0.25, 0.3) is 0 Å². The molecule has 2 aromatic heterocycles. The number of fused-ring (bicyclic) bond motifs is 1. The number of hydrogen-bond donors (Lipinski definition) is 1. The smallest absolute Gasteiger partial charge is 0.231 e. The number of carbonyl (C=O) groups is 1. The Morgan fingerprint density at radius 2 is 2.00 bits per heavy atom. The fourth-order valence-corrected chi connectivity index (χ4v) is 3.58. The van der Waals surface area contributed by atoms with Crippen LogP contribution < -0.4 is 15.0 Å². The van der Waals surface area contributed by atoms with E-state index in [4.69, 9.17) is 4.74 Å². The molecule has 1 aliphatic rings. The molecule has 0 radical (unpaired) electrons. The normalized spacial score (nSPS) is 17.1. The van der Waals surface area contributed by atoms with E-state index < -0.39 is 0 Å². The standard InChI is InChI=1S/C20H23N5O2/c1-14-5-3-7-18-22-23-20(25(14)18)24-12-4-6-15(13-24)19(26)21-16-8-10-17(27-2)11-9-16/h3,5,7-11,15H,4,6,12-13H2,1-2H3,(H,21,26). The average Bonchev–Trinajstić information content (AvgIpc) is 3.14. The molecule has 7 heteroatoms. The van der Waals surface area contributed by atoms with Gasteiger partial charge in [-0.2, -0.15) is 0 Å². The minimum Gasteiger partial charge on any atom is -0.497 e. The van der Waals surface area contributed by atoms with E-state index in [1.165, 1.54) is 0 Å². The van der Waals surface area contributed by atoms with Crippen LogP contribution in [0.1, 0.15) is 18.5 Å². The van der Waals surface area contributed by atoms with Crippen LogP contribution in [-0.2, 0) is 4.79 Å². The zero-order valence-corrected chi connectivity index (χ0v) is 15.6. The number of piperidine rings is 1. The number of ether oxygens (including phenoxy) is 1. The van der Waals surface area contributed by atoms with E-state index in [1.807, 2.05) is 53.8 Å². The van der Waals surface area contributed by atoms with Crippen LogP contribution in [0.5, 0.6) is 5.75 Å². The predicted octanol–water partition coefficient (Wildman–Crippen LogP) is 2.90. The second-order valence-corrected chi connectivity index (χ2v) is 6.86. The molecule has 140 valence electrons. The molecule has 1 aliphatic heterocycles. The topological polar surface area (TPSA) is 71.8 Å². The van der Waals surface area contributed by atoms with E-state index in [1.54, 1.807) is 7.11 Å². The summed E-state index contributed by atoms with van der Waals surface area (Å²) in [5.74, 6) is 1.53. The Morgan fingerprint density at radius 3 is 2.78 bits per heavy atom. The molecule has 7 nitrogen and oxygen atoms in total. The van der Waals surface area contributed by atoms with Gasteiger partial charge in [0, 0.05) is 24.5 Å². The minimum atomic E-state index is -0.0859. The van der Waals surface area contributed by atoms with Gasteiger partial charge in [0.15, 0.2) is 5.65 Å². The van der Waals surface area contributed by atoms with Crippen molar-refractivity contribution in [3.05, 3.63) is 48.2 Å². The molecule has 1 saturated heterocycles. The van der Waals surface area contributed by atoms with Crippen LogP contribution in [-0.4, -0.2) is 40.7 Å². The number of amides is 1. The van der Waals surface area contributed by atoms with Crippen molar-refractivity contribution in [1.29, 1.82) is 0 Å². The Morgan fingerprint density at radius 1 is 1.19 bits per heavy atom. The molecule has 1 fully saturated rings. The summed E-state index contributed by atoms with van der Waals surface area (Å²) in [6.45, 7) is 3.55. The van der Waals surface area contributed by atoms with Crippen LogP contribution in [0, 0.1) is 12.8 Å². The van der Waals surface area contributed by atoms with Crippen molar-refractivity contribution in [2.75, 3.05) is 30.4 Å². The molecule has 0 spiro atoms. The van der Waals surface area contributed by atoms with Gasteiger partial charge in [-0.25, -0.2) is 0 Å². The molecule has 1 atom stereocenters. The second-order valence-electron chi connectivity index (χ2n) is 6.86. The summed E-state index contributed by atoms with van der Waals surface area (Å²) in [7, 11) is 1.63. The number of aryl methyl sites for hydroxylation is 1. The minimum absolute atomic E-state index is 0.0374. The third kappa shape index (κ3) is 3.45. The SMILES string of the molecule is COc1ccc(NC(=O)C2CCCN(c3nnc4cccc(C)n34)C2)cc1. The fraction of sp³-hybridized carbons (Fsp3) is 0.350. The van der Waals surface area contributed by atoms with Crippen LogP contribution in [0.2, 0.25) is 0 Å². The number of benzene rings is 1. The van der Waals surface area contributed by atoms with Gasteiger partial charge in [-0.15, -0.1) is 10.2 Å². The van der Waals surface area contributed by atoms with E-state index in [0.29, 0.717) is 6.54 Å². The van der Waals surface area contributed by atoms with Crippen molar-refractivity contribution in [2.24, 2.45) is 5.92 Å². The molecule has 1 unspecified atom stereocenters. The van der Waals surface area contributed by atoms with E-state index in [2.05, 4.69) is 20.4 Å². The van der Waals surface area contributed by atoms with Gasteiger partial charge in [-0.05, 0) is 56.2 Å². The third-order valence-electron chi connectivity index (χ3n) is 5.04. The number of anilines is 2. The first-order valence-corrected chi connectivity index (χ1v) is 9.16. The molecule has 1 amide bonds.